The van der Waals surface area contributed by atoms with Crippen LogP contribution in [0.1, 0.15) is 34.8 Å². The third-order valence-electron chi connectivity index (χ3n) is 5.34. The van der Waals surface area contributed by atoms with Gasteiger partial charge in [0, 0.05) is 22.9 Å². The van der Waals surface area contributed by atoms with E-state index in [1.807, 2.05) is 25.1 Å². The minimum Gasteiger partial charge on any atom is -0.310 e. The Morgan fingerprint density at radius 2 is 1.97 bits per heavy atom. The van der Waals surface area contributed by atoms with Crippen LogP contribution in [0, 0.1) is 5.82 Å². The van der Waals surface area contributed by atoms with E-state index in [0.29, 0.717) is 23.6 Å². The molecule has 2 heterocycles. The average molecular weight is 411 g/mol. The van der Waals surface area contributed by atoms with Crippen molar-refractivity contribution in [3.05, 3.63) is 98.7 Å². The number of halogens is 2. The van der Waals surface area contributed by atoms with E-state index in [-0.39, 0.29) is 35.4 Å². The fraction of sp³-hybridized carbons (Fsp3) is 0.217. The number of carbonyl (C=O) groups excluding carboxylic acids is 1. The highest BCUT2D eigenvalue weighted by Gasteiger charge is 2.30. The van der Waals surface area contributed by atoms with Crippen LogP contribution < -0.4 is 10.5 Å². The maximum atomic E-state index is 13.6. The highest BCUT2D eigenvalue weighted by Crippen LogP contribution is 2.32. The Morgan fingerprint density at radius 1 is 1.17 bits per heavy atom. The van der Waals surface area contributed by atoms with Gasteiger partial charge in [0.15, 0.2) is 0 Å². The van der Waals surface area contributed by atoms with Gasteiger partial charge < -0.3 is 9.47 Å². The molecule has 0 saturated carbocycles. The van der Waals surface area contributed by atoms with Gasteiger partial charge in [0.1, 0.15) is 11.4 Å². The second-order valence-corrected chi connectivity index (χ2v) is 7.69. The molecule has 0 unspecified atom stereocenters. The Kier molecular flexibility index (Phi) is 5.24. The molecule has 148 valence electrons. The monoisotopic (exact) mass is 410 g/mol. The molecule has 4 rings (SSSR count). The topological polar surface area (TPSA) is 42.3 Å². The maximum Gasteiger partial charge on any atom is 0.264 e. The second-order valence-electron chi connectivity index (χ2n) is 7.28. The van der Waals surface area contributed by atoms with E-state index in [4.69, 9.17) is 11.6 Å². The molecule has 0 bridgehead atoms. The Labute approximate surface area is 173 Å². The molecule has 4 nitrogen and oxygen atoms in total. The molecule has 0 radical (unpaired) electrons. The van der Waals surface area contributed by atoms with Crippen molar-refractivity contribution in [1.29, 1.82) is 0 Å². The van der Waals surface area contributed by atoms with Crippen molar-refractivity contribution < 1.29 is 9.18 Å². The van der Waals surface area contributed by atoms with Crippen LogP contribution in [0.3, 0.4) is 0 Å². The molecule has 1 aromatic heterocycles. The van der Waals surface area contributed by atoms with Gasteiger partial charge in [-0.1, -0.05) is 29.8 Å². The molecule has 1 atom stereocenters. The zero-order chi connectivity index (χ0) is 20.5. The van der Waals surface area contributed by atoms with Crippen molar-refractivity contribution in [2.45, 2.75) is 32.4 Å². The van der Waals surface area contributed by atoms with Gasteiger partial charge in [-0.05, 0) is 67.3 Å². The molecule has 2 aromatic carbocycles. The number of aryl methyl sites for hydroxylation is 1. The number of hydrogen-bond acceptors (Lipinski definition) is 2. The van der Waals surface area contributed by atoms with Gasteiger partial charge in [0.25, 0.3) is 11.5 Å². The number of pyridine rings is 1. The summed E-state index contributed by atoms with van der Waals surface area (Å²) in [7, 11) is 0. The smallest absolute Gasteiger partial charge is 0.264 e. The highest BCUT2D eigenvalue weighted by molar-refractivity contribution is 6.31. The predicted molar refractivity (Wildman–Crippen MR) is 112 cm³/mol. The van der Waals surface area contributed by atoms with Crippen molar-refractivity contribution in [3.8, 4) is 0 Å². The SMILES string of the molecule is C[C@@H]1CCc2cc(F)ccc2N1C(=O)c1cccn(Cc2ccccc2Cl)c1=O. The van der Waals surface area contributed by atoms with E-state index in [1.54, 1.807) is 29.3 Å². The Morgan fingerprint density at radius 3 is 2.76 bits per heavy atom. The van der Waals surface area contributed by atoms with Gasteiger partial charge in [0.05, 0.1) is 6.54 Å². The van der Waals surface area contributed by atoms with Gasteiger partial charge in [-0.2, -0.15) is 0 Å². The van der Waals surface area contributed by atoms with Gasteiger partial charge in [0.2, 0.25) is 0 Å². The first-order valence-corrected chi connectivity index (χ1v) is 9.88. The molecular weight excluding hydrogens is 391 g/mol. The Hall–Kier alpha value is -2.92. The van der Waals surface area contributed by atoms with Gasteiger partial charge in [-0.3, -0.25) is 9.59 Å². The van der Waals surface area contributed by atoms with Crippen LogP contribution in [0.15, 0.2) is 65.6 Å². The van der Waals surface area contributed by atoms with Gasteiger partial charge >= 0.3 is 0 Å². The number of aromatic nitrogens is 1. The molecule has 1 aliphatic rings. The quantitative estimate of drug-likeness (QED) is 0.629. The summed E-state index contributed by atoms with van der Waals surface area (Å²) in [4.78, 5) is 28.0. The molecule has 0 spiro atoms. The lowest BCUT2D eigenvalue weighted by Crippen LogP contribution is -2.44. The minimum atomic E-state index is -0.376. The third-order valence-corrected chi connectivity index (χ3v) is 5.71. The number of nitrogens with zero attached hydrogens (tertiary/aromatic N) is 2. The van der Waals surface area contributed by atoms with Crippen LogP contribution in [0.25, 0.3) is 0 Å². The lowest BCUT2D eigenvalue weighted by Gasteiger charge is -2.35. The van der Waals surface area contributed by atoms with Crippen molar-refractivity contribution in [2.24, 2.45) is 0 Å². The fourth-order valence-electron chi connectivity index (χ4n) is 3.79. The zero-order valence-corrected chi connectivity index (χ0v) is 16.7. The average Bonchev–Trinajstić information content (AvgIpc) is 2.71. The van der Waals surface area contributed by atoms with Crippen molar-refractivity contribution in [1.82, 2.24) is 4.57 Å². The number of rotatable bonds is 3. The molecule has 1 aliphatic heterocycles. The van der Waals surface area contributed by atoms with E-state index in [9.17, 15) is 14.0 Å². The first-order chi connectivity index (χ1) is 14.0. The summed E-state index contributed by atoms with van der Waals surface area (Å²) in [5, 5.41) is 0.566. The highest BCUT2D eigenvalue weighted by atomic mass is 35.5. The van der Waals surface area contributed by atoms with Crippen LogP contribution in [-0.2, 0) is 13.0 Å². The zero-order valence-electron chi connectivity index (χ0n) is 15.9. The standard InChI is InChI=1S/C23H20ClFN2O2/c1-15-8-9-16-13-18(25)10-11-21(16)27(15)23(29)19-6-4-12-26(22(19)28)14-17-5-2-3-7-20(17)24/h2-7,10-13,15H,8-9,14H2,1H3/t15-/m1/s1. The first-order valence-electron chi connectivity index (χ1n) is 9.50. The summed E-state index contributed by atoms with van der Waals surface area (Å²) in [6.07, 6.45) is 3.05. The molecule has 0 fully saturated rings. The van der Waals surface area contributed by atoms with Crippen LogP contribution >= 0.6 is 11.6 Å². The molecule has 29 heavy (non-hydrogen) atoms. The number of fused-ring (bicyclic) bond motifs is 1. The molecule has 3 aromatic rings. The number of carbonyl (C=O) groups is 1. The predicted octanol–water partition coefficient (Wildman–Crippen LogP) is 4.67. The lowest BCUT2D eigenvalue weighted by molar-refractivity contribution is 0.0973. The third kappa shape index (κ3) is 3.70. The minimum absolute atomic E-state index is 0.0860. The number of anilines is 1. The van der Waals surface area contributed by atoms with Crippen LogP contribution in [0.2, 0.25) is 5.02 Å². The summed E-state index contributed by atoms with van der Waals surface area (Å²) in [5.74, 6) is -0.698. The van der Waals surface area contributed by atoms with Crippen molar-refractivity contribution in [2.75, 3.05) is 4.90 Å². The Balaban J connectivity index is 1.72. The van der Waals surface area contributed by atoms with Gasteiger partial charge in [-0.15, -0.1) is 0 Å². The number of hydrogen-bond donors (Lipinski definition) is 0. The molecular formula is C23H20ClFN2O2. The number of amides is 1. The van der Waals surface area contributed by atoms with E-state index >= 15 is 0 Å². The first kappa shape index (κ1) is 19.4. The largest absolute Gasteiger partial charge is 0.310 e. The fourth-order valence-corrected chi connectivity index (χ4v) is 3.99. The summed E-state index contributed by atoms with van der Waals surface area (Å²) in [6, 6.07) is 14.9. The normalized spacial score (nSPS) is 15.8. The number of benzene rings is 2. The summed E-state index contributed by atoms with van der Waals surface area (Å²) in [6.45, 7) is 2.21. The van der Waals surface area contributed by atoms with E-state index in [0.717, 1.165) is 11.1 Å². The van der Waals surface area contributed by atoms with Crippen LogP contribution in [-0.4, -0.2) is 16.5 Å². The second kappa shape index (κ2) is 7.84. The van der Waals surface area contributed by atoms with Crippen molar-refractivity contribution in [3.63, 3.8) is 0 Å². The maximum absolute atomic E-state index is 13.6. The molecule has 6 heteroatoms. The van der Waals surface area contributed by atoms with Crippen LogP contribution in [0.4, 0.5) is 10.1 Å². The lowest BCUT2D eigenvalue weighted by atomic mass is 9.95. The molecule has 0 aliphatic carbocycles. The van der Waals surface area contributed by atoms with E-state index < -0.39 is 0 Å². The molecule has 0 saturated heterocycles. The Bertz CT molecular complexity index is 1140. The van der Waals surface area contributed by atoms with Crippen LogP contribution in [0.5, 0.6) is 0 Å². The summed E-state index contributed by atoms with van der Waals surface area (Å²) >= 11 is 6.22. The van der Waals surface area contributed by atoms with E-state index in [2.05, 4.69) is 0 Å². The summed E-state index contributed by atoms with van der Waals surface area (Å²) < 4.78 is 15.1. The van der Waals surface area contributed by atoms with Gasteiger partial charge in [-0.25, -0.2) is 4.39 Å². The van der Waals surface area contributed by atoms with Crippen molar-refractivity contribution >= 4 is 23.2 Å². The molecule has 1 amide bonds. The summed E-state index contributed by atoms with van der Waals surface area (Å²) in [5.41, 5.74) is 1.95. The van der Waals surface area contributed by atoms with E-state index in [1.165, 1.54) is 22.8 Å². The molecule has 0 N–H and O–H groups in total.